The Hall–Kier alpha value is -1.33. The highest BCUT2D eigenvalue weighted by molar-refractivity contribution is 5.71. The van der Waals surface area contributed by atoms with E-state index < -0.39 is 12.1 Å². The Labute approximate surface area is 196 Å². The number of carbonyl (C=O) groups is 2. The molecule has 0 aromatic heterocycles. The quantitative estimate of drug-likeness (QED) is 0.140. The Morgan fingerprint density at radius 3 is 1.97 bits per heavy atom. The fourth-order valence-electron chi connectivity index (χ4n) is 3.27. The average molecular weight is 460 g/mol. The summed E-state index contributed by atoms with van der Waals surface area (Å²) in [5.74, 6) is -1.21. The number of allylic oxidation sites excluding steroid dienone is 4. The molecule has 0 radical (unpaired) electrons. The van der Waals surface area contributed by atoms with Gasteiger partial charge in [-0.25, -0.2) is 0 Å². The molecular weight excluding hydrogens is 414 g/mol. The van der Waals surface area contributed by atoms with E-state index in [-0.39, 0.29) is 24.8 Å². The second-order valence-corrected chi connectivity index (χ2v) is 9.16. The minimum Gasteiger partial charge on any atom is -1.00 e. The van der Waals surface area contributed by atoms with Gasteiger partial charge in [-0.3, -0.25) is 9.59 Å². The summed E-state index contributed by atoms with van der Waals surface area (Å²) in [6.07, 6.45) is 21.3. The Bertz CT molecular complexity index is 512. The summed E-state index contributed by atoms with van der Waals surface area (Å²) >= 11 is 0. The normalized spacial score (nSPS) is 12.8. The topological polar surface area (TPSA) is 63.6 Å². The van der Waals surface area contributed by atoms with Gasteiger partial charge in [0.05, 0.1) is 27.6 Å². The molecule has 31 heavy (non-hydrogen) atoms. The minimum absolute atomic E-state index is 0. The van der Waals surface area contributed by atoms with E-state index in [0.29, 0.717) is 17.4 Å². The number of likely N-dealkylation sites (N-methyl/N-ethyl adjacent to an activating group) is 1. The summed E-state index contributed by atoms with van der Waals surface area (Å²) in [5, 5.41) is 9.00. The number of carboxylic acids is 1. The van der Waals surface area contributed by atoms with Crippen LogP contribution in [0.25, 0.3) is 0 Å². The maximum Gasteiger partial charge on any atom is 0.307 e. The lowest BCUT2D eigenvalue weighted by Crippen LogP contribution is -3.00. The first-order chi connectivity index (χ1) is 14.2. The molecule has 6 heteroatoms. The van der Waals surface area contributed by atoms with Gasteiger partial charge in [0.15, 0.2) is 6.10 Å². The SMILES string of the molecule is CCCCC/C=C\C/C=C\CCCCCCCC(=O)OC(CC(=O)O)C[N+](C)(C)C.[Cl-]. The van der Waals surface area contributed by atoms with Gasteiger partial charge in [0, 0.05) is 6.42 Å². The number of aliphatic carboxylic acids is 1. The Kier molecular flexibility index (Phi) is 21.1. The Balaban J connectivity index is 0. The zero-order valence-corrected chi connectivity index (χ0v) is 21.0. The summed E-state index contributed by atoms with van der Waals surface area (Å²) in [5.41, 5.74) is 0. The Morgan fingerprint density at radius 2 is 1.42 bits per heavy atom. The van der Waals surface area contributed by atoms with Crippen molar-refractivity contribution in [2.45, 2.75) is 96.5 Å². The number of nitrogens with zero attached hydrogens (tertiary/aromatic N) is 1. The molecule has 0 bridgehead atoms. The number of carbonyl (C=O) groups excluding carboxylic acids is 1. The van der Waals surface area contributed by atoms with Gasteiger partial charge in [0.1, 0.15) is 6.54 Å². The molecule has 0 aromatic carbocycles. The van der Waals surface area contributed by atoms with Crippen molar-refractivity contribution in [3.63, 3.8) is 0 Å². The minimum atomic E-state index is -0.932. The standard InChI is InChI=1S/C25H45NO4.ClH/c1-5-6-7-8-9-10-11-12-13-14-15-16-17-18-19-20-25(29)30-23(21-24(27)28)22-26(2,3)4;/h9-10,12-13,23H,5-8,11,14-22H2,1-4H3;1H/b10-9-,13-12-;. The zero-order chi connectivity index (χ0) is 22.7. The van der Waals surface area contributed by atoms with Crippen molar-refractivity contribution < 1.29 is 36.3 Å². The lowest BCUT2D eigenvalue weighted by atomic mass is 10.1. The summed E-state index contributed by atoms with van der Waals surface area (Å²) in [4.78, 5) is 23.0. The first-order valence-electron chi connectivity index (χ1n) is 11.8. The molecule has 182 valence electrons. The summed E-state index contributed by atoms with van der Waals surface area (Å²) in [6, 6.07) is 0. The van der Waals surface area contributed by atoms with Gasteiger partial charge < -0.3 is 26.7 Å². The lowest BCUT2D eigenvalue weighted by molar-refractivity contribution is -0.873. The molecule has 0 aliphatic rings. The average Bonchev–Trinajstić information content (AvgIpc) is 2.63. The number of halogens is 1. The first-order valence-corrected chi connectivity index (χ1v) is 11.8. The van der Waals surface area contributed by atoms with Gasteiger partial charge in [-0.1, -0.05) is 63.3 Å². The summed E-state index contributed by atoms with van der Waals surface area (Å²) in [7, 11) is 5.88. The second-order valence-electron chi connectivity index (χ2n) is 9.16. The smallest absolute Gasteiger partial charge is 0.307 e. The van der Waals surface area contributed by atoms with Crippen LogP contribution in [0.2, 0.25) is 0 Å². The van der Waals surface area contributed by atoms with Crippen molar-refractivity contribution in [1.29, 1.82) is 0 Å². The summed E-state index contributed by atoms with van der Waals surface area (Å²) in [6.45, 7) is 2.73. The Morgan fingerprint density at radius 1 is 0.871 bits per heavy atom. The van der Waals surface area contributed by atoms with Crippen LogP contribution in [0.1, 0.15) is 90.4 Å². The molecule has 1 atom stereocenters. The van der Waals surface area contributed by atoms with Crippen LogP contribution in [0.15, 0.2) is 24.3 Å². The molecule has 0 saturated carbocycles. The van der Waals surface area contributed by atoms with Gasteiger partial charge >= 0.3 is 11.9 Å². The molecular formula is C25H46ClNO4. The molecule has 0 fully saturated rings. The highest BCUT2D eigenvalue weighted by Gasteiger charge is 2.24. The van der Waals surface area contributed by atoms with Crippen molar-refractivity contribution >= 4 is 11.9 Å². The van der Waals surface area contributed by atoms with Crippen LogP contribution >= 0.6 is 0 Å². The number of ether oxygens (including phenoxy) is 1. The predicted octanol–water partition coefficient (Wildman–Crippen LogP) is 2.90. The largest absolute Gasteiger partial charge is 1.00 e. The molecule has 1 unspecified atom stereocenters. The number of hydrogen-bond acceptors (Lipinski definition) is 3. The van der Waals surface area contributed by atoms with E-state index in [1.165, 1.54) is 38.5 Å². The fourth-order valence-corrected chi connectivity index (χ4v) is 3.27. The molecule has 0 aromatic rings. The number of hydrogen-bond donors (Lipinski definition) is 1. The molecule has 5 nitrogen and oxygen atoms in total. The molecule has 0 amide bonds. The number of unbranched alkanes of at least 4 members (excludes halogenated alkanes) is 8. The predicted molar refractivity (Wildman–Crippen MR) is 124 cm³/mol. The number of esters is 1. The van der Waals surface area contributed by atoms with E-state index >= 15 is 0 Å². The van der Waals surface area contributed by atoms with Crippen molar-refractivity contribution in [1.82, 2.24) is 0 Å². The van der Waals surface area contributed by atoms with E-state index in [1.807, 2.05) is 21.1 Å². The van der Waals surface area contributed by atoms with Crippen LogP contribution in [-0.2, 0) is 14.3 Å². The molecule has 1 N–H and O–H groups in total. The molecule has 0 aliphatic heterocycles. The van der Waals surface area contributed by atoms with Crippen LogP contribution in [0.3, 0.4) is 0 Å². The zero-order valence-electron chi connectivity index (χ0n) is 20.3. The van der Waals surface area contributed by atoms with Gasteiger partial charge in [-0.2, -0.15) is 0 Å². The van der Waals surface area contributed by atoms with E-state index in [2.05, 4.69) is 31.2 Å². The molecule has 0 rings (SSSR count). The van der Waals surface area contributed by atoms with Gasteiger partial charge in [-0.05, 0) is 38.5 Å². The van der Waals surface area contributed by atoms with Crippen LogP contribution < -0.4 is 12.4 Å². The highest BCUT2D eigenvalue weighted by Crippen LogP contribution is 2.11. The van der Waals surface area contributed by atoms with Crippen LogP contribution in [0, 0.1) is 0 Å². The van der Waals surface area contributed by atoms with Gasteiger partial charge in [0.25, 0.3) is 0 Å². The van der Waals surface area contributed by atoms with Crippen molar-refractivity contribution in [2.75, 3.05) is 27.7 Å². The van der Waals surface area contributed by atoms with Gasteiger partial charge in [0.2, 0.25) is 0 Å². The highest BCUT2D eigenvalue weighted by atomic mass is 35.5. The monoisotopic (exact) mass is 459 g/mol. The molecule has 0 aliphatic carbocycles. The van der Waals surface area contributed by atoms with E-state index in [9.17, 15) is 9.59 Å². The maximum absolute atomic E-state index is 12.0. The third kappa shape index (κ3) is 24.8. The second kappa shape index (κ2) is 20.6. The maximum atomic E-state index is 12.0. The van der Waals surface area contributed by atoms with Gasteiger partial charge in [-0.15, -0.1) is 0 Å². The fraction of sp³-hybridized carbons (Fsp3) is 0.760. The van der Waals surface area contributed by atoms with E-state index in [0.717, 1.165) is 32.1 Å². The molecule has 0 saturated heterocycles. The summed E-state index contributed by atoms with van der Waals surface area (Å²) < 4.78 is 5.97. The van der Waals surface area contributed by atoms with Crippen molar-refractivity contribution in [3.05, 3.63) is 24.3 Å². The van der Waals surface area contributed by atoms with Crippen molar-refractivity contribution in [3.8, 4) is 0 Å². The number of quaternary nitrogens is 1. The third-order valence-corrected chi connectivity index (χ3v) is 4.78. The number of carboxylic acid groups (broad SMARTS) is 1. The van der Waals surface area contributed by atoms with Crippen LogP contribution in [0.4, 0.5) is 0 Å². The first kappa shape index (κ1) is 31.9. The lowest BCUT2D eigenvalue weighted by Gasteiger charge is -2.28. The van der Waals surface area contributed by atoms with Crippen LogP contribution in [-0.4, -0.2) is 55.3 Å². The molecule has 0 heterocycles. The molecule has 0 spiro atoms. The van der Waals surface area contributed by atoms with E-state index in [4.69, 9.17) is 9.84 Å². The van der Waals surface area contributed by atoms with Crippen molar-refractivity contribution in [2.24, 2.45) is 0 Å². The van der Waals surface area contributed by atoms with Crippen LogP contribution in [0.5, 0.6) is 0 Å². The third-order valence-electron chi connectivity index (χ3n) is 4.78. The number of rotatable bonds is 19. The van der Waals surface area contributed by atoms with E-state index in [1.54, 1.807) is 0 Å².